The molecule has 2 saturated carbocycles. The normalized spacial score (nSPS) is 27.3. The molecule has 5 heteroatoms. The molecular weight excluding hydrogens is 268 g/mol. The highest BCUT2D eigenvalue weighted by Gasteiger charge is 2.34. The molecule has 0 bridgehead atoms. The minimum Gasteiger partial charge on any atom is -0.376 e. The molecule has 0 radical (unpaired) electrons. The molecular formula is C16H28N2O3. The van der Waals surface area contributed by atoms with Gasteiger partial charge in [0.25, 0.3) is 0 Å². The molecule has 1 saturated heterocycles. The van der Waals surface area contributed by atoms with Gasteiger partial charge in [0.05, 0.1) is 25.9 Å². The summed E-state index contributed by atoms with van der Waals surface area (Å²) in [5.41, 5.74) is 0. The maximum atomic E-state index is 12.5. The fourth-order valence-corrected chi connectivity index (χ4v) is 3.39. The van der Waals surface area contributed by atoms with Crippen molar-refractivity contribution in [2.45, 2.75) is 57.1 Å². The van der Waals surface area contributed by atoms with Crippen molar-refractivity contribution >= 4 is 6.03 Å². The SMILES string of the molecule is O=C(NC[C@@H]1COCCO1)N(CC1CCCCC1)C1CC1. The molecule has 3 fully saturated rings. The largest absolute Gasteiger partial charge is 0.376 e. The van der Waals surface area contributed by atoms with E-state index in [9.17, 15) is 4.79 Å². The van der Waals surface area contributed by atoms with Crippen molar-refractivity contribution in [2.75, 3.05) is 32.9 Å². The molecule has 0 aromatic heterocycles. The zero-order valence-electron chi connectivity index (χ0n) is 12.9. The lowest BCUT2D eigenvalue weighted by molar-refractivity contribution is -0.0856. The zero-order valence-corrected chi connectivity index (χ0v) is 12.9. The summed E-state index contributed by atoms with van der Waals surface area (Å²) in [5, 5.41) is 3.05. The molecule has 0 aromatic rings. The molecule has 0 unspecified atom stereocenters. The molecule has 1 aliphatic heterocycles. The van der Waals surface area contributed by atoms with Crippen LogP contribution in [0.15, 0.2) is 0 Å². The van der Waals surface area contributed by atoms with Gasteiger partial charge >= 0.3 is 6.03 Å². The first-order chi connectivity index (χ1) is 10.3. The van der Waals surface area contributed by atoms with Gasteiger partial charge in [0.15, 0.2) is 0 Å². The van der Waals surface area contributed by atoms with Gasteiger partial charge in [0.2, 0.25) is 0 Å². The first-order valence-corrected chi connectivity index (χ1v) is 8.57. The van der Waals surface area contributed by atoms with Gasteiger partial charge in [-0.05, 0) is 31.6 Å². The lowest BCUT2D eigenvalue weighted by Gasteiger charge is -2.31. The van der Waals surface area contributed by atoms with Gasteiger partial charge in [0, 0.05) is 19.1 Å². The van der Waals surface area contributed by atoms with E-state index < -0.39 is 0 Å². The molecule has 3 aliphatic rings. The summed E-state index contributed by atoms with van der Waals surface area (Å²) in [4.78, 5) is 14.5. The lowest BCUT2D eigenvalue weighted by atomic mass is 9.89. The minimum atomic E-state index is 0.0124. The maximum Gasteiger partial charge on any atom is 0.317 e. The highest BCUT2D eigenvalue weighted by molar-refractivity contribution is 5.75. The van der Waals surface area contributed by atoms with Crippen molar-refractivity contribution in [1.29, 1.82) is 0 Å². The van der Waals surface area contributed by atoms with Crippen LogP contribution >= 0.6 is 0 Å². The molecule has 1 heterocycles. The highest BCUT2D eigenvalue weighted by Crippen LogP contribution is 2.31. The number of hydrogen-bond acceptors (Lipinski definition) is 3. The van der Waals surface area contributed by atoms with E-state index >= 15 is 0 Å². The zero-order chi connectivity index (χ0) is 14.5. The molecule has 1 atom stereocenters. The van der Waals surface area contributed by atoms with Gasteiger partial charge in [0.1, 0.15) is 0 Å². The van der Waals surface area contributed by atoms with E-state index in [1.54, 1.807) is 0 Å². The van der Waals surface area contributed by atoms with Crippen LogP contribution in [0.4, 0.5) is 4.79 Å². The number of carbonyl (C=O) groups excluding carboxylic acids is 1. The van der Waals surface area contributed by atoms with Gasteiger partial charge in [-0.3, -0.25) is 0 Å². The molecule has 21 heavy (non-hydrogen) atoms. The number of hydrogen-bond donors (Lipinski definition) is 1. The van der Waals surface area contributed by atoms with Gasteiger partial charge in [-0.15, -0.1) is 0 Å². The number of rotatable bonds is 5. The highest BCUT2D eigenvalue weighted by atomic mass is 16.6. The van der Waals surface area contributed by atoms with E-state index in [0.29, 0.717) is 38.3 Å². The number of amides is 2. The van der Waals surface area contributed by atoms with Crippen molar-refractivity contribution in [2.24, 2.45) is 5.92 Å². The number of urea groups is 1. The van der Waals surface area contributed by atoms with Crippen molar-refractivity contribution < 1.29 is 14.3 Å². The minimum absolute atomic E-state index is 0.0124. The van der Waals surface area contributed by atoms with E-state index in [0.717, 1.165) is 6.54 Å². The molecule has 3 rings (SSSR count). The van der Waals surface area contributed by atoms with Crippen LogP contribution in [0.1, 0.15) is 44.9 Å². The monoisotopic (exact) mass is 296 g/mol. The quantitative estimate of drug-likeness (QED) is 0.846. The van der Waals surface area contributed by atoms with Crippen LogP contribution in [0, 0.1) is 5.92 Å². The summed E-state index contributed by atoms with van der Waals surface area (Å²) in [6.45, 7) is 3.40. The molecule has 5 nitrogen and oxygen atoms in total. The van der Waals surface area contributed by atoms with Crippen molar-refractivity contribution in [3.05, 3.63) is 0 Å². The third kappa shape index (κ3) is 4.58. The summed E-state index contributed by atoms with van der Waals surface area (Å²) < 4.78 is 10.9. The second-order valence-electron chi connectivity index (χ2n) is 6.64. The van der Waals surface area contributed by atoms with E-state index in [-0.39, 0.29) is 12.1 Å². The predicted molar refractivity (Wildman–Crippen MR) is 80.3 cm³/mol. The smallest absolute Gasteiger partial charge is 0.317 e. The van der Waals surface area contributed by atoms with Gasteiger partial charge < -0.3 is 19.7 Å². The Balaban J connectivity index is 1.44. The fourth-order valence-electron chi connectivity index (χ4n) is 3.39. The molecule has 2 amide bonds. The van der Waals surface area contributed by atoms with E-state index in [4.69, 9.17) is 9.47 Å². The summed E-state index contributed by atoms with van der Waals surface area (Å²) in [6, 6.07) is 0.577. The van der Waals surface area contributed by atoms with Crippen LogP contribution in [-0.2, 0) is 9.47 Å². The molecule has 0 spiro atoms. The standard InChI is InChI=1S/C16H28N2O3/c19-16(17-10-15-12-20-8-9-21-15)18(14-6-7-14)11-13-4-2-1-3-5-13/h13-15H,1-12H2,(H,17,19)/t15-/m1/s1. The Morgan fingerprint density at radius 2 is 1.90 bits per heavy atom. The molecule has 120 valence electrons. The first kappa shape index (κ1) is 15.1. The average molecular weight is 296 g/mol. The Labute approximate surface area is 127 Å². The van der Waals surface area contributed by atoms with Crippen LogP contribution in [0.2, 0.25) is 0 Å². The number of ether oxygens (including phenoxy) is 2. The number of nitrogens with one attached hydrogen (secondary N) is 1. The third-order valence-corrected chi connectivity index (χ3v) is 4.79. The topological polar surface area (TPSA) is 50.8 Å². The van der Waals surface area contributed by atoms with Crippen molar-refractivity contribution in [1.82, 2.24) is 10.2 Å². The fraction of sp³-hybridized carbons (Fsp3) is 0.938. The Hall–Kier alpha value is -0.810. The Morgan fingerprint density at radius 1 is 1.10 bits per heavy atom. The number of carbonyl (C=O) groups is 1. The Bertz CT molecular complexity index is 334. The van der Waals surface area contributed by atoms with Gasteiger partial charge in [-0.2, -0.15) is 0 Å². The van der Waals surface area contributed by atoms with Gasteiger partial charge in [-0.1, -0.05) is 19.3 Å². The molecule has 2 aliphatic carbocycles. The summed E-state index contributed by atoms with van der Waals surface area (Å²) in [5.74, 6) is 0.708. The van der Waals surface area contributed by atoms with Crippen LogP contribution in [0.25, 0.3) is 0 Å². The summed E-state index contributed by atoms with van der Waals surface area (Å²) in [7, 11) is 0. The summed E-state index contributed by atoms with van der Waals surface area (Å²) in [6.07, 6.45) is 8.96. The lowest BCUT2D eigenvalue weighted by Crippen LogP contribution is -2.48. The van der Waals surface area contributed by atoms with Crippen LogP contribution < -0.4 is 5.32 Å². The molecule has 1 N–H and O–H groups in total. The summed E-state index contributed by atoms with van der Waals surface area (Å²) >= 11 is 0. The number of nitrogens with zero attached hydrogens (tertiary/aromatic N) is 1. The van der Waals surface area contributed by atoms with Crippen molar-refractivity contribution in [3.8, 4) is 0 Å². The van der Waals surface area contributed by atoms with E-state index in [1.165, 1.54) is 44.9 Å². The first-order valence-electron chi connectivity index (χ1n) is 8.57. The maximum absolute atomic E-state index is 12.5. The van der Waals surface area contributed by atoms with E-state index in [2.05, 4.69) is 10.2 Å². The average Bonchev–Trinajstić information content (AvgIpc) is 3.37. The predicted octanol–water partition coefficient (Wildman–Crippen LogP) is 2.16. The second-order valence-corrected chi connectivity index (χ2v) is 6.64. The second kappa shape index (κ2) is 7.45. The Morgan fingerprint density at radius 3 is 2.57 bits per heavy atom. The van der Waals surface area contributed by atoms with Crippen LogP contribution in [0.5, 0.6) is 0 Å². The van der Waals surface area contributed by atoms with E-state index in [1.807, 2.05) is 0 Å². The van der Waals surface area contributed by atoms with Gasteiger partial charge in [-0.25, -0.2) is 4.79 Å². The van der Waals surface area contributed by atoms with Crippen LogP contribution in [-0.4, -0.2) is 56.0 Å². The third-order valence-electron chi connectivity index (χ3n) is 4.79. The van der Waals surface area contributed by atoms with Crippen molar-refractivity contribution in [3.63, 3.8) is 0 Å². The van der Waals surface area contributed by atoms with Crippen LogP contribution in [0.3, 0.4) is 0 Å². The Kier molecular flexibility index (Phi) is 5.36. The molecule has 0 aromatic carbocycles.